The number of nitrogens with zero attached hydrogens (tertiary/aromatic N) is 1. The lowest BCUT2D eigenvalue weighted by atomic mass is 9.97. The van der Waals surface area contributed by atoms with Crippen molar-refractivity contribution in [3.05, 3.63) is 35.9 Å². The van der Waals surface area contributed by atoms with Crippen molar-refractivity contribution in [3.8, 4) is 0 Å². The second-order valence-corrected chi connectivity index (χ2v) is 5.21. The maximum absolute atomic E-state index is 11.8. The van der Waals surface area contributed by atoms with Gasteiger partial charge in [0.25, 0.3) is 0 Å². The fraction of sp³-hybridized carbons (Fsp3) is 0.533. The summed E-state index contributed by atoms with van der Waals surface area (Å²) in [5.41, 5.74) is 1.08. The molecule has 98 valence electrons. The highest BCUT2D eigenvalue weighted by atomic mass is 16.1. The summed E-state index contributed by atoms with van der Waals surface area (Å²) in [6, 6.07) is 9.91. The van der Waals surface area contributed by atoms with Gasteiger partial charge in [-0.2, -0.15) is 0 Å². The van der Waals surface area contributed by atoms with Crippen molar-refractivity contribution in [3.63, 3.8) is 0 Å². The van der Waals surface area contributed by atoms with E-state index in [2.05, 4.69) is 17.3 Å². The number of rotatable bonds is 4. The van der Waals surface area contributed by atoms with E-state index in [-0.39, 0.29) is 5.91 Å². The van der Waals surface area contributed by atoms with Crippen LogP contribution in [-0.2, 0) is 11.2 Å². The third-order valence-electron chi connectivity index (χ3n) is 3.63. The van der Waals surface area contributed by atoms with Crippen LogP contribution >= 0.6 is 0 Å². The van der Waals surface area contributed by atoms with Gasteiger partial charge >= 0.3 is 0 Å². The summed E-state index contributed by atoms with van der Waals surface area (Å²) in [5, 5.41) is 3.06. The van der Waals surface area contributed by atoms with Crippen LogP contribution in [0.4, 0.5) is 0 Å². The topological polar surface area (TPSA) is 32.3 Å². The number of likely N-dealkylation sites (tertiary alicyclic amines) is 1. The number of nitrogens with one attached hydrogen (secondary N) is 1. The summed E-state index contributed by atoms with van der Waals surface area (Å²) in [6.07, 6.45) is 2.89. The maximum Gasteiger partial charge on any atom is 0.224 e. The van der Waals surface area contributed by atoms with E-state index in [9.17, 15) is 4.79 Å². The second-order valence-electron chi connectivity index (χ2n) is 5.21. The van der Waals surface area contributed by atoms with Gasteiger partial charge in [0, 0.05) is 6.54 Å². The number of carbonyl (C=O) groups excluding carboxylic acids is 1. The maximum atomic E-state index is 11.8. The van der Waals surface area contributed by atoms with E-state index in [1.54, 1.807) is 0 Å². The standard InChI is InChI=1S/C15H22N2O/c1-17-9-7-14(8-10-17)12-16-15(18)11-13-5-3-2-4-6-13/h2-6,14H,7-12H2,1H3,(H,16,18). The number of hydrogen-bond acceptors (Lipinski definition) is 2. The number of benzene rings is 1. The van der Waals surface area contributed by atoms with E-state index in [1.165, 1.54) is 12.8 Å². The van der Waals surface area contributed by atoms with Crippen LogP contribution in [0.2, 0.25) is 0 Å². The molecule has 1 fully saturated rings. The molecule has 0 spiro atoms. The molecule has 1 amide bonds. The normalized spacial score (nSPS) is 17.6. The average Bonchev–Trinajstić information content (AvgIpc) is 2.39. The summed E-state index contributed by atoms with van der Waals surface area (Å²) in [6.45, 7) is 3.14. The number of piperidine rings is 1. The first-order valence-electron chi connectivity index (χ1n) is 6.73. The van der Waals surface area contributed by atoms with Crippen LogP contribution in [0, 0.1) is 5.92 Å². The Labute approximate surface area is 109 Å². The first-order chi connectivity index (χ1) is 8.74. The molecule has 0 aliphatic carbocycles. The summed E-state index contributed by atoms with van der Waals surface area (Å²) < 4.78 is 0. The van der Waals surface area contributed by atoms with E-state index >= 15 is 0 Å². The largest absolute Gasteiger partial charge is 0.356 e. The van der Waals surface area contributed by atoms with Gasteiger partial charge in [0.15, 0.2) is 0 Å². The Morgan fingerprint density at radius 3 is 2.61 bits per heavy atom. The monoisotopic (exact) mass is 246 g/mol. The minimum absolute atomic E-state index is 0.139. The molecule has 0 bridgehead atoms. The first-order valence-corrected chi connectivity index (χ1v) is 6.73. The van der Waals surface area contributed by atoms with Gasteiger partial charge in [0.1, 0.15) is 0 Å². The Morgan fingerprint density at radius 1 is 1.28 bits per heavy atom. The zero-order valence-corrected chi connectivity index (χ0v) is 11.1. The molecule has 0 aromatic heterocycles. The van der Waals surface area contributed by atoms with E-state index in [0.717, 1.165) is 25.2 Å². The zero-order chi connectivity index (χ0) is 12.8. The summed E-state index contributed by atoms with van der Waals surface area (Å²) in [7, 11) is 2.16. The molecule has 2 rings (SSSR count). The van der Waals surface area contributed by atoms with Gasteiger partial charge in [-0.1, -0.05) is 30.3 Å². The summed E-state index contributed by atoms with van der Waals surface area (Å²) in [5.74, 6) is 0.793. The Hall–Kier alpha value is -1.35. The molecule has 0 radical (unpaired) electrons. The molecule has 1 saturated heterocycles. The highest BCUT2D eigenvalue weighted by Gasteiger charge is 2.17. The molecule has 0 atom stereocenters. The van der Waals surface area contributed by atoms with Crippen molar-refractivity contribution >= 4 is 5.91 Å². The molecular weight excluding hydrogens is 224 g/mol. The molecule has 1 aromatic rings. The summed E-state index contributed by atoms with van der Waals surface area (Å²) in [4.78, 5) is 14.1. The van der Waals surface area contributed by atoms with Gasteiger partial charge < -0.3 is 10.2 Å². The highest BCUT2D eigenvalue weighted by Crippen LogP contribution is 2.14. The van der Waals surface area contributed by atoms with Gasteiger partial charge in [-0.25, -0.2) is 0 Å². The molecular formula is C15H22N2O. The van der Waals surface area contributed by atoms with Crippen molar-refractivity contribution < 1.29 is 4.79 Å². The second kappa shape index (κ2) is 6.55. The number of amides is 1. The van der Waals surface area contributed by atoms with Crippen LogP contribution in [0.5, 0.6) is 0 Å². The molecule has 0 saturated carbocycles. The Balaban J connectivity index is 1.69. The molecule has 1 aromatic carbocycles. The molecule has 1 aliphatic heterocycles. The fourth-order valence-electron chi connectivity index (χ4n) is 2.37. The van der Waals surface area contributed by atoms with Gasteiger partial charge in [-0.3, -0.25) is 4.79 Å². The van der Waals surface area contributed by atoms with Crippen LogP contribution in [0.15, 0.2) is 30.3 Å². The molecule has 18 heavy (non-hydrogen) atoms. The lowest BCUT2D eigenvalue weighted by Crippen LogP contribution is -2.37. The predicted molar refractivity (Wildman–Crippen MR) is 73.4 cm³/mol. The van der Waals surface area contributed by atoms with Crippen LogP contribution in [0.3, 0.4) is 0 Å². The lowest BCUT2D eigenvalue weighted by Gasteiger charge is -2.28. The molecule has 3 heteroatoms. The third-order valence-corrected chi connectivity index (χ3v) is 3.63. The van der Waals surface area contributed by atoms with E-state index in [1.807, 2.05) is 30.3 Å². The van der Waals surface area contributed by atoms with Gasteiger partial charge in [-0.15, -0.1) is 0 Å². The van der Waals surface area contributed by atoms with Gasteiger partial charge in [0.05, 0.1) is 6.42 Å². The minimum Gasteiger partial charge on any atom is -0.356 e. The zero-order valence-electron chi connectivity index (χ0n) is 11.1. The number of hydrogen-bond donors (Lipinski definition) is 1. The van der Waals surface area contributed by atoms with E-state index < -0.39 is 0 Å². The van der Waals surface area contributed by atoms with E-state index in [4.69, 9.17) is 0 Å². The van der Waals surface area contributed by atoms with Crippen LogP contribution in [-0.4, -0.2) is 37.5 Å². The fourth-order valence-corrected chi connectivity index (χ4v) is 2.37. The summed E-state index contributed by atoms with van der Waals surface area (Å²) >= 11 is 0. The molecule has 0 unspecified atom stereocenters. The van der Waals surface area contributed by atoms with Crippen molar-refractivity contribution in [2.75, 3.05) is 26.7 Å². The minimum atomic E-state index is 0.139. The van der Waals surface area contributed by atoms with Crippen LogP contribution in [0.25, 0.3) is 0 Å². The van der Waals surface area contributed by atoms with Gasteiger partial charge in [-0.05, 0) is 44.5 Å². The lowest BCUT2D eigenvalue weighted by molar-refractivity contribution is -0.120. The Morgan fingerprint density at radius 2 is 1.94 bits per heavy atom. The van der Waals surface area contributed by atoms with Crippen molar-refractivity contribution in [2.45, 2.75) is 19.3 Å². The molecule has 3 nitrogen and oxygen atoms in total. The van der Waals surface area contributed by atoms with Crippen LogP contribution in [0.1, 0.15) is 18.4 Å². The highest BCUT2D eigenvalue weighted by molar-refractivity contribution is 5.78. The smallest absolute Gasteiger partial charge is 0.224 e. The predicted octanol–water partition coefficient (Wildman–Crippen LogP) is 1.69. The first kappa shape index (κ1) is 13.1. The quantitative estimate of drug-likeness (QED) is 0.877. The average molecular weight is 246 g/mol. The molecule has 1 N–H and O–H groups in total. The van der Waals surface area contributed by atoms with Crippen molar-refractivity contribution in [2.24, 2.45) is 5.92 Å². The van der Waals surface area contributed by atoms with Crippen LogP contribution < -0.4 is 5.32 Å². The number of carbonyl (C=O) groups is 1. The molecule has 1 heterocycles. The Kier molecular flexibility index (Phi) is 4.76. The molecule has 1 aliphatic rings. The third kappa shape index (κ3) is 4.15. The van der Waals surface area contributed by atoms with Crippen molar-refractivity contribution in [1.82, 2.24) is 10.2 Å². The Bertz CT molecular complexity index is 369. The van der Waals surface area contributed by atoms with Gasteiger partial charge in [0.2, 0.25) is 5.91 Å². The SMILES string of the molecule is CN1CCC(CNC(=O)Cc2ccccc2)CC1. The van der Waals surface area contributed by atoms with Crippen molar-refractivity contribution in [1.29, 1.82) is 0 Å². The van der Waals surface area contributed by atoms with E-state index in [0.29, 0.717) is 12.3 Å².